The number of nitrogens with zero attached hydrogens (tertiary/aromatic N) is 2. The lowest BCUT2D eigenvalue weighted by Crippen LogP contribution is -2.45. The maximum atomic E-state index is 6.49. The van der Waals surface area contributed by atoms with Gasteiger partial charge in [0, 0.05) is 18.8 Å². The van der Waals surface area contributed by atoms with Crippen LogP contribution < -0.4 is 14.4 Å². The van der Waals surface area contributed by atoms with Crippen LogP contribution in [0.15, 0.2) is 48.7 Å². The van der Waals surface area contributed by atoms with Gasteiger partial charge in [-0.2, -0.15) is 0 Å². The minimum atomic E-state index is 0.257. The lowest BCUT2D eigenvalue weighted by Gasteiger charge is -2.33. The second kappa shape index (κ2) is 13.1. The number of nitrogens with one attached hydrogen (secondary N) is 1. The van der Waals surface area contributed by atoms with Gasteiger partial charge in [0.15, 0.2) is 11.6 Å². The Kier molecular flexibility index (Phi) is 10.2. The van der Waals surface area contributed by atoms with Gasteiger partial charge in [-0.3, -0.25) is 4.72 Å². The van der Waals surface area contributed by atoms with Gasteiger partial charge in [0.1, 0.15) is 0 Å². The fraction of sp³-hybridized carbons (Fsp3) is 0.577. The van der Waals surface area contributed by atoms with Crippen LogP contribution >= 0.6 is 11.9 Å². The molecular weight excluding hydrogens is 418 g/mol. The summed E-state index contributed by atoms with van der Waals surface area (Å²) in [6.45, 7) is 5.68. The number of hydrogen-bond acceptors (Lipinski definition) is 6. The Balaban J connectivity index is 0.00000141. The van der Waals surface area contributed by atoms with Crippen molar-refractivity contribution in [3.8, 4) is 5.75 Å². The number of hydrogen-bond donors (Lipinski definition) is 1. The van der Waals surface area contributed by atoms with Gasteiger partial charge in [-0.05, 0) is 62.0 Å². The Bertz CT molecular complexity index is 784. The summed E-state index contributed by atoms with van der Waals surface area (Å²) < 4.78 is 15.6. The fourth-order valence-electron chi connectivity index (χ4n) is 4.89. The van der Waals surface area contributed by atoms with Crippen molar-refractivity contribution < 1.29 is 9.47 Å². The van der Waals surface area contributed by atoms with Crippen molar-refractivity contribution in [3.05, 3.63) is 54.2 Å². The SMILES string of the molecule is CC.COc1cccnc1N1CCC(NSC)C1COC1CCC(c2ccccc2)CC1. The zero-order valence-electron chi connectivity index (χ0n) is 20.0. The van der Waals surface area contributed by atoms with E-state index in [9.17, 15) is 0 Å². The van der Waals surface area contributed by atoms with Crippen molar-refractivity contribution in [2.75, 3.05) is 31.4 Å². The molecule has 1 N–H and O–H groups in total. The fourth-order valence-corrected chi connectivity index (χ4v) is 5.47. The van der Waals surface area contributed by atoms with E-state index in [2.05, 4.69) is 51.2 Å². The zero-order chi connectivity index (χ0) is 22.8. The molecule has 2 aromatic rings. The largest absolute Gasteiger partial charge is 0.493 e. The topological polar surface area (TPSA) is 46.6 Å². The first-order chi connectivity index (χ1) is 15.8. The lowest BCUT2D eigenvalue weighted by molar-refractivity contribution is 0.0156. The Morgan fingerprint density at radius 1 is 1.03 bits per heavy atom. The quantitative estimate of drug-likeness (QED) is 0.515. The normalized spacial score (nSPS) is 25.2. The van der Waals surface area contributed by atoms with Gasteiger partial charge in [-0.1, -0.05) is 56.1 Å². The average molecular weight is 458 g/mol. The van der Waals surface area contributed by atoms with Gasteiger partial charge >= 0.3 is 0 Å². The van der Waals surface area contributed by atoms with Crippen molar-refractivity contribution in [2.45, 2.75) is 70.1 Å². The van der Waals surface area contributed by atoms with Gasteiger partial charge in [0.2, 0.25) is 0 Å². The van der Waals surface area contributed by atoms with Crippen LogP contribution in [0.4, 0.5) is 5.82 Å². The minimum absolute atomic E-state index is 0.257. The predicted molar refractivity (Wildman–Crippen MR) is 136 cm³/mol. The Hall–Kier alpha value is -1.76. The van der Waals surface area contributed by atoms with E-state index in [4.69, 9.17) is 9.47 Å². The Labute approximate surface area is 198 Å². The number of rotatable bonds is 8. The monoisotopic (exact) mass is 457 g/mol. The molecule has 5 nitrogen and oxygen atoms in total. The molecule has 2 fully saturated rings. The third kappa shape index (κ3) is 6.18. The highest BCUT2D eigenvalue weighted by Crippen LogP contribution is 2.35. The van der Waals surface area contributed by atoms with Crippen LogP contribution in [0.25, 0.3) is 0 Å². The first-order valence-corrected chi connectivity index (χ1v) is 13.2. The van der Waals surface area contributed by atoms with Crippen LogP contribution in [-0.4, -0.2) is 49.7 Å². The lowest BCUT2D eigenvalue weighted by atomic mass is 9.83. The molecule has 0 radical (unpaired) electrons. The maximum absolute atomic E-state index is 6.49. The molecule has 2 atom stereocenters. The van der Waals surface area contributed by atoms with E-state index in [-0.39, 0.29) is 6.04 Å². The molecule has 6 heteroatoms. The molecule has 2 unspecified atom stereocenters. The second-order valence-corrected chi connectivity index (χ2v) is 8.87. The molecule has 1 aliphatic carbocycles. The molecular formula is C26H39N3O2S. The highest BCUT2D eigenvalue weighted by Gasteiger charge is 2.37. The van der Waals surface area contributed by atoms with Crippen molar-refractivity contribution in [2.24, 2.45) is 0 Å². The Morgan fingerprint density at radius 3 is 2.47 bits per heavy atom. The molecule has 2 aliphatic rings. The third-order valence-corrected chi connectivity index (χ3v) is 7.04. The number of methoxy groups -OCH3 is 1. The van der Waals surface area contributed by atoms with Gasteiger partial charge in [0.05, 0.1) is 25.9 Å². The molecule has 1 saturated carbocycles. The Morgan fingerprint density at radius 2 is 1.78 bits per heavy atom. The maximum Gasteiger partial charge on any atom is 0.171 e. The van der Waals surface area contributed by atoms with Gasteiger partial charge in [-0.25, -0.2) is 4.98 Å². The van der Waals surface area contributed by atoms with Crippen LogP contribution in [0.5, 0.6) is 5.75 Å². The van der Waals surface area contributed by atoms with Gasteiger partial charge in [-0.15, -0.1) is 0 Å². The van der Waals surface area contributed by atoms with E-state index in [0.717, 1.165) is 44.0 Å². The molecule has 1 aliphatic heterocycles. The summed E-state index contributed by atoms with van der Waals surface area (Å²) in [7, 11) is 1.71. The third-order valence-electron chi connectivity index (χ3n) is 6.51. The predicted octanol–water partition coefficient (Wildman–Crippen LogP) is 5.67. The van der Waals surface area contributed by atoms with Crippen molar-refractivity contribution in [1.29, 1.82) is 0 Å². The first-order valence-electron chi connectivity index (χ1n) is 12.0. The number of aromatic nitrogens is 1. The summed E-state index contributed by atoms with van der Waals surface area (Å²) in [4.78, 5) is 6.99. The molecule has 0 bridgehead atoms. The molecule has 2 heterocycles. The average Bonchev–Trinajstić information content (AvgIpc) is 3.27. The summed E-state index contributed by atoms with van der Waals surface area (Å²) in [5.74, 6) is 2.43. The standard InChI is InChI=1S/C24H33N3O2S.C2H6/c1-28-23-9-6-15-25-24(23)27-16-14-21(26-30-2)22(27)17-29-20-12-10-19(11-13-20)18-7-4-3-5-8-18;1-2/h3-9,15,19-22,26H,10-14,16-17H2,1-2H3;1-2H3. The van der Waals surface area contributed by atoms with Crippen molar-refractivity contribution in [1.82, 2.24) is 9.71 Å². The van der Waals surface area contributed by atoms with E-state index in [0.29, 0.717) is 18.1 Å². The first kappa shape index (κ1) is 24.9. The van der Waals surface area contributed by atoms with Crippen LogP contribution in [0.3, 0.4) is 0 Å². The van der Waals surface area contributed by atoms with E-state index in [1.807, 2.05) is 32.2 Å². The molecule has 32 heavy (non-hydrogen) atoms. The highest BCUT2D eigenvalue weighted by molar-refractivity contribution is 7.96. The number of anilines is 1. The van der Waals surface area contributed by atoms with Crippen LogP contribution in [0.1, 0.15) is 57.4 Å². The summed E-state index contributed by atoms with van der Waals surface area (Å²) in [6.07, 6.45) is 10.1. The van der Waals surface area contributed by atoms with E-state index >= 15 is 0 Å². The van der Waals surface area contributed by atoms with E-state index in [1.54, 1.807) is 19.1 Å². The van der Waals surface area contributed by atoms with Crippen molar-refractivity contribution >= 4 is 17.8 Å². The molecule has 1 aromatic carbocycles. The number of ether oxygens (including phenoxy) is 2. The summed E-state index contributed by atoms with van der Waals surface area (Å²) in [5.41, 5.74) is 1.48. The molecule has 0 amide bonds. The molecule has 176 valence electrons. The van der Waals surface area contributed by atoms with E-state index < -0.39 is 0 Å². The van der Waals surface area contributed by atoms with Crippen LogP contribution in [0.2, 0.25) is 0 Å². The summed E-state index contributed by atoms with van der Waals surface area (Å²) >= 11 is 1.69. The van der Waals surface area contributed by atoms with Crippen molar-refractivity contribution in [3.63, 3.8) is 0 Å². The molecule has 0 spiro atoms. The summed E-state index contributed by atoms with van der Waals surface area (Å²) in [6, 6.07) is 15.5. The van der Waals surface area contributed by atoms with Crippen LogP contribution in [0, 0.1) is 0 Å². The van der Waals surface area contributed by atoms with E-state index in [1.165, 1.54) is 18.4 Å². The second-order valence-electron chi connectivity index (χ2n) is 8.22. The number of benzene rings is 1. The zero-order valence-corrected chi connectivity index (χ0v) is 20.8. The summed E-state index contributed by atoms with van der Waals surface area (Å²) in [5, 5.41) is 0. The van der Waals surface area contributed by atoms with Crippen LogP contribution in [-0.2, 0) is 4.74 Å². The smallest absolute Gasteiger partial charge is 0.171 e. The molecule has 4 rings (SSSR count). The van der Waals surface area contributed by atoms with Gasteiger partial charge in [0.25, 0.3) is 0 Å². The number of pyridine rings is 1. The minimum Gasteiger partial charge on any atom is -0.493 e. The molecule has 1 aromatic heterocycles. The van der Waals surface area contributed by atoms with Gasteiger partial charge < -0.3 is 14.4 Å². The molecule has 1 saturated heterocycles. The highest BCUT2D eigenvalue weighted by atomic mass is 32.2.